The highest BCUT2D eigenvalue weighted by molar-refractivity contribution is 5.29. The molecule has 2 heterocycles. The van der Waals surface area contributed by atoms with Crippen LogP contribution in [-0.4, -0.2) is 44.1 Å². The van der Waals surface area contributed by atoms with E-state index in [1.54, 1.807) is 0 Å². The third-order valence-corrected chi connectivity index (χ3v) is 1.83. The molecule has 0 aliphatic heterocycles. The van der Waals surface area contributed by atoms with Gasteiger partial charge in [0.1, 0.15) is 0 Å². The topological polar surface area (TPSA) is 173 Å². The Kier molecular flexibility index (Phi) is 3.74. The van der Waals surface area contributed by atoms with Crippen molar-refractivity contribution < 1.29 is 9.47 Å². The number of anilines is 2. The molecule has 0 bridgehead atoms. The predicted octanol–water partition coefficient (Wildman–Crippen LogP) is -0.346. The van der Waals surface area contributed by atoms with E-state index in [0.29, 0.717) is 0 Å². The molecule has 0 aliphatic rings. The van der Waals surface area contributed by atoms with Gasteiger partial charge in [-0.2, -0.15) is 29.9 Å². The Bertz CT molecular complexity index is 590. The van der Waals surface area contributed by atoms with Gasteiger partial charge in [0.25, 0.3) is 11.9 Å². The van der Waals surface area contributed by atoms with Gasteiger partial charge in [0.2, 0.25) is 11.9 Å². The highest BCUT2D eigenvalue weighted by atomic mass is 16.5. The molecule has 0 aromatic carbocycles. The molecule has 0 atom stereocenters. The average Bonchev–Trinajstić information content (AvgIpc) is 2.44. The molecule has 104 valence electrons. The van der Waals surface area contributed by atoms with Gasteiger partial charge >= 0.3 is 12.0 Å². The van der Waals surface area contributed by atoms with Gasteiger partial charge in [-0.25, -0.2) is 0 Å². The predicted molar refractivity (Wildman–Crippen MR) is 65.8 cm³/mol. The Morgan fingerprint density at radius 2 is 1.10 bits per heavy atom. The molecule has 20 heavy (non-hydrogen) atoms. The summed E-state index contributed by atoms with van der Waals surface area (Å²) in [5, 5.41) is 7.40. The van der Waals surface area contributed by atoms with Gasteiger partial charge in [-0.15, -0.1) is 10.2 Å². The number of nitrogen functional groups attached to an aromatic ring is 2. The zero-order chi connectivity index (χ0) is 14.5. The molecule has 0 saturated heterocycles. The van der Waals surface area contributed by atoms with Crippen LogP contribution >= 0.6 is 0 Å². The van der Waals surface area contributed by atoms with E-state index in [2.05, 4.69) is 40.1 Å². The van der Waals surface area contributed by atoms with E-state index in [9.17, 15) is 0 Å². The molecule has 0 aliphatic carbocycles. The van der Waals surface area contributed by atoms with Crippen LogP contribution in [0, 0.1) is 0 Å². The number of rotatable bonds is 4. The minimum Gasteiger partial charge on any atom is -0.467 e. The van der Waals surface area contributed by atoms with E-state index in [0.717, 1.165) is 0 Å². The normalized spacial score (nSPS) is 10.7. The van der Waals surface area contributed by atoms with Crippen LogP contribution in [-0.2, 0) is 0 Å². The Morgan fingerprint density at radius 1 is 0.700 bits per heavy atom. The van der Waals surface area contributed by atoms with Crippen LogP contribution in [0.3, 0.4) is 0 Å². The first-order chi connectivity index (χ1) is 9.60. The zero-order valence-corrected chi connectivity index (χ0v) is 10.5. The van der Waals surface area contributed by atoms with Crippen molar-refractivity contribution in [2.75, 3.05) is 25.7 Å². The van der Waals surface area contributed by atoms with E-state index in [1.165, 1.54) is 14.2 Å². The van der Waals surface area contributed by atoms with E-state index >= 15 is 0 Å². The summed E-state index contributed by atoms with van der Waals surface area (Å²) in [6.07, 6.45) is 0. The summed E-state index contributed by atoms with van der Waals surface area (Å²) in [4.78, 5) is 22.5. The average molecular weight is 278 g/mol. The van der Waals surface area contributed by atoms with Gasteiger partial charge in [-0.1, -0.05) is 0 Å². The van der Waals surface area contributed by atoms with Gasteiger partial charge in [-0.3, -0.25) is 0 Å². The molecule has 0 amide bonds. The van der Waals surface area contributed by atoms with Crippen molar-refractivity contribution in [2.45, 2.75) is 0 Å². The molecule has 0 unspecified atom stereocenters. The number of methoxy groups -OCH3 is 2. The largest absolute Gasteiger partial charge is 0.467 e. The van der Waals surface area contributed by atoms with Crippen LogP contribution in [0.25, 0.3) is 0 Å². The summed E-state index contributed by atoms with van der Waals surface area (Å²) in [6, 6.07) is 0.0263. The number of hydrogen-bond acceptors (Lipinski definition) is 12. The smallest absolute Gasteiger partial charge is 0.322 e. The van der Waals surface area contributed by atoms with Gasteiger partial charge in [-0.05, 0) is 0 Å². The van der Waals surface area contributed by atoms with Gasteiger partial charge < -0.3 is 20.9 Å². The first-order valence-corrected chi connectivity index (χ1v) is 5.13. The van der Waals surface area contributed by atoms with Crippen LogP contribution in [0.15, 0.2) is 10.2 Å². The van der Waals surface area contributed by atoms with Crippen LogP contribution in [0.1, 0.15) is 0 Å². The summed E-state index contributed by atoms with van der Waals surface area (Å²) in [5.41, 5.74) is 10.9. The number of azo groups is 1. The lowest BCUT2D eigenvalue weighted by Gasteiger charge is -1.99. The summed E-state index contributed by atoms with van der Waals surface area (Å²) in [5.74, 6) is -0.239. The number of hydrogen-bond donors (Lipinski definition) is 2. The van der Waals surface area contributed by atoms with Gasteiger partial charge in [0, 0.05) is 0 Å². The molecule has 0 radical (unpaired) electrons. The van der Waals surface area contributed by atoms with Crippen LogP contribution < -0.4 is 20.9 Å². The fourth-order valence-corrected chi connectivity index (χ4v) is 1.08. The number of nitrogens with zero attached hydrogens (tertiary/aromatic N) is 8. The molecule has 0 spiro atoms. The summed E-state index contributed by atoms with van der Waals surface area (Å²) < 4.78 is 9.64. The molecule has 4 N–H and O–H groups in total. The molecular weight excluding hydrogens is 268 g/mol. The molecule has 2 aromatic heterocycles. The van der Waals surface area contributed by atoms with Crippen LogP contribution in [0.5, 0.6) is 12.0 Å². The van der Waals surface area contributed by atoms with Gasteiger partial charge in [0.15, 0.2) is 0 Å². The first kappa shape index (κ1) is 13.3. The van der Waals surface area contributed by atoms with Crippen molar-refractivity contribution in [1.82, 2.24) is 29.9 Å². The first-order valence-electron chi connectivity index (χ1n) is 5.13. The fourth-order valence-electron chi connectivity index (χ4n) is 1.08. The molecule has 0 fully saturated rings. The minimum atomic E-state index is -0.0627. The summed E-state index contributed by atoms with van der Waals surface area (Å²) in [7, 11) is 2.76. The highest BCUT2D eigenvalue weighted by Crippen LogP contribution is 2.16. The van der Waals surface area contributed by atoms with Crippen LogP contribution in [0.2, 0.25) is 0 Å². The molecule has 2 rings (SSSR count). The van der Waals surface area contributed by atoms with Crippen molar-refractivity contribution in [3.05, 3.63) is 0 Å². The van der Waals surface area contributed by atoms with Crippen molar-refractivity contribution in [3.8, 4) is 12.0 Å². The van der Waals surface area contributed by atoms with E-state index in [1.807, 2.05) is 0 Å². The maximum Gasteiger partial charge on any atom is 0.322 e. The second kappa shape index (κ2) is 5.64. The van der Waals surface area contributed by atoms with Crippen molar-refractivity contribution >= 4 is 23.8 Å². The third-order valence-electron chi connectivity index (χ3n) is 1.83. The maximum atomic E-state index is 5.45. The quantitative estimate of drug-likeness (QED) is 0.703. The standard InChI is InChI=1S/C8H10N10O2/c1-19-7-13-3(9)11-5(15-7)17-18-6-12-4(10)14-8(16-6)20-2/h1-2H3,(H2,9,11,13,15)(H2,10,12,14,16)/b18-17+. The Labute approximate surface area is 112 Å². The highest BCUT2D eigenvalue weighted by Gasteiger charge is 2.06. The maximum absolute atomic E-state index is 5.45. The summed E-state index contributed by atoms with van der Waals surface area (Å²) >= 11 is 0. The number of nitrogens with two attached hydrogens (primary N) is 2. The minimum absolute atomic E-state index is 0.0131. The monoisotopic (exact) mass is 278 g/mol. The van der Waals surface area contributed by atoms with Gasteiger partial charge in [0.05, 0.1) is 14.2 Å². The number of ether oxygens (including phenoxy) is 2. The fraction of sp³-hybridized carbons (Fsp3) is 0.250. The summed E-state index contributed by atoms with van der Waals surface area (Å²) in [6.45, 7) is 0. The molecule has 0 saturated carbocycles. The Morgan fingerprint density at radius 3 is 1.45 bits per heavy atom. The lowest BCUT2D eigenvalue weighted by atomic mass is 10.8. The van der Waals surface area contributed by atoms with Crippen molar-refractivity contribution in [1.29, 1.82) is 0 Å². The second-order valence-corrected chi connectivity index (χ2v) is 3.16. The molecule has 12 nitrogen and oxygen atoms in total. The van der Waals surface area contributed by atoms with Crippen molar-refractivity contribution in [2.24, 2.45) is 10.2 Å². The second-order valence-electron chi connectivity index (χ2n) is 3.16. The van der Waals surface area contributed by atoms with Crippen LogP contribution in [0.4, 0.5) is 23.8 Å². The molecular formula is C8H10N10O2. The van der Waals surface area contributed by atoms with Crippen molar-refractivity contribution in [3.63, 3.8) is 0 Å². The third kappa shape index (κ3) is 3.18. The molecule has 12 heteroatoms. The number of aromatic nitrogens is 6. The van der Waals surface area contributed by atoms with E-state index < -0.39 is 0 Å². The molecule has 2 aromatic rings. The van der Waals surface area contributed by atoms with E-state index in [-0.39, 0.29) is 35.8 Å². The lowest BCUT2D eigenvalue weighted by molar-refractivity contribution is 0.378. The Balaban J connectivity index is 2.29. The lowest BCUT2D eigenvalue weighted by Crippen LogP contribution is -2.00. The zero-order valence-electron chi connectivity index (χ0n) is 10.5. The Hall–Kier alpha value is -3.18. The van der Waals surface area contributed by atoms with E-state index in [4.69, 9.17) is 20.9 Å². The SMILES string of the molecule is COc1nc(N)nc(/N=N/c2nc(N)nc(OC)n2)n1.